The molecular weight excluding hydrogens is 394 g/mol. The fourth-order valence-corrected chi connectivity index (χ4v) is 3.54. The van der Waals surface area contributed by atoms with E-state index in [2.05, 4.69) is 33.1 Å². The first-order valence-electron chi connectivity index (χ1n) is 10.7. The van der Waals surface area contributed by atoms with Gasteiger partial charge in [0.1, 0.15) is 23.9 Å². The van der Waals surface area contributed by atoms with Gasteiger partial charge in [-0.3, -0.25) is 9.88 Å². The molecule has 0 atom stereocenters. The first kappa shape index (κ1) is 22.7. The molecule has 1 N–H and O–H groups in total. The molecule has 31 heavy (non-hydrogen) atoms. The lowest BCUT2D eigenvalue weighted by molar-refractivity contribution is 0.170. The van der Waals surface area contributed by atoms with Gasteiger partial charge in [-0.15, -0.1) is 0 Å². The van der Waals surface area contributed by atoms with Gasteiger partial charge in [0.15, 0.2) is 5.96 Å². The van der Waals surface area contributed by atoms with Gasteiger partial charge < -0.3 is 24.4 Å². The van der Waals surface area contributed by atoms with Crippen LogP contribution in [-0.4, -0.2) is 80.8 Å². The highest BCUT2D eigenvalue weighted by molar-refractivity contribution is 5.80. The number of hydrogen-bond acceptors (Lipinski definition) is 6. The third kappa shape index (κ3) is 6.75. The molecule has 0 bridgehead atoms. The van der Waals surface area contributed by atoms with E-state index in [1.807, 2.05) is 24.3 Å². The Bertz CT molecular complexity index is 823. The number of benzene rings is 1. The SMILES string of the molecule is CCNC(=NCCOc1cccnc1)N1CCN(Cc2cc(OC)ccc2OC)CC1. The van der Waals surface area contributed by atoms with Crippen molar-refractivity contribution in [1.82, 2.24) is 20.1 Å². The van der Waals surface area contributed by atoms with Crippen LogP contribution in [0.2, 0.25) is 0 Å². The molecule has 1 aliphatic heterocycles. The van der Waals surface area contributed by atoms with E-state index in [9.17, 15) is 0 Å². The quantitative estimate of drug-likeness (QED) is 0.374. The standard InChI is InChI=1S/C23H33N5O3/c1-4-25-23(26-10-15-31-21-6-5-9-24-17-21)28-13-11-27(12-14-28)18-19-16-20(29-2)7-8-22(19)30-3/h5-9,16-17H,4,10-15,18H2,1-3H3,(H,25,26). The molecule has 168 valence electrons. The number of pyridine rings is 1. The molecular formula is C23H33N5O3. The summed E-state index contributed by atoms with van der Waals surface area (Å²) in [5.41, 5.74) is 1.14. The Kier molecular flexibility index (Phi) is 8.78. The summed E-state index contributed by atoms with van der Waals surface area (Å²) in [5.74, 6) is 3.46. The number of piperazine rings is 1. The Morgan fingerprint density at radius 1 is 1.10 bits per heavy atom. The second-order valence-electron chi connectivity index (χ2n) is 7.21. The fraction of sp³-hybridized carbons (Fsp3) is 0.478. The van der Waals surface area contributed by atoms with Crippen LogP contribution in [0.25, 0.3) is 0 Å². The first-order chi connectivity index (χ1) is 15.2. The minimum atomic E-state index is 0.524. The third-order valence-corrected chi connectivity index (χ3v) is 5.14. The van der Waals surface area contributed by atoms with Crippen LogP contribution in [0.1, 0.15) is 12.5 Å². The Hall–Kier alpha value is -3.00. The van der Waals surface area contributed by atoms with Crippen LogP contribution in [-0.2, 0) is 6.54 Å². The van der Waals surface area contributed by atoms with Crippen molar-refractivity contribution < 1.29 is 14.2 Å². The number of guanidine groups is 1. The molecule has 8 heteroatoms. The molecule has 0 radical (unpaired) electrons. The highest BCUT2D eigenvalue weighted by atomic mass is 16.5. The Morgan fingerprint density at radius 3 is 2.61 bits per heavy atom. The van der Waals surface area contributed by atoms with Gasteiger partial charge in [-0.1, -0.05) is 0 Å². The van der Waals surface area contributed by atoms with Gasteiger partial charge in [-0.25, -0.2) is 4.99 Å². The molecule has 3 rings (SSSR count). The van der Waals surface area contributed by atoms with Crippen molar-refractivity contribution in [3.63, 3.8) is 0 Å². The van der Waals surface area contributed by atoms with Crippen molar-refractivity contribution in [2.45, 2.75) is 13.5 Å². The lowest BCUT2D eigenvalue weighted by Crippen LogP contribution is -2.52. The van der Waals surface area contributed by atoms with Gasteiger partial charge in [0.2, 0.25) is 0 Å². The summed E-state index contributed by atoms with van der Waals surface area (Å²) >= 11 is 0. The number of hydrogen-bond donors (Lipinski definition) is 1. The summed E-state index contributed by atoms with van der Waals surface area (Å²) in [4.78, 5) is 13.5. The zero-order chi connectivity index (χ0) is 21.9. The normalized spacial score (nSPS) is 14.9. The van der Waals surface area contributed by atoms with E-state index in [1.165, 1.54) is 0 Å². The highest BCUT2D eigenvalue weighted by Gasteiger charge is 2.20. The highest BCUT2D eigenvalue weighted by Crippen LogP contribution is 2.25. The zero-order valence-electron chi connectivity index (χ0n) is 18.7. The minimum absolute atomic E-state index is 0.524. The average Bonchev–Trinajstić information content (AvgIpc) is 2.82. The summed E-state index contributed by atoms with van der Waals surface area (Å²) in [7, 11) is 3.40. The van der Waals surface area contributed by atoms with Crippen molar-refractivity contribution in [2.75, 3.05) is 60.1 Å². The van der Waals surface area contributed by atoms with Crippen LogP contribution in [0.3, 0.4) is 0 Å². The van der Waals surface area contributed by atoms with Crippen LogP contribution in [0.4, 0.5) is 0 Å². The van der Waals surface area contributed by atoms with E-state index in [0.29, 0.717) is 13.2 Å². The van der Waals surface area contributed by atoms with E-state index >= 15 is 0 Å². The van der Waals surface area contributed by atoms with Gasteiger partial charge in [0.05, 0.1) is 27.0 Å². The number of rotatable bonds is 9. The summed E-state index contributed by atoms with van der Waals surface area (Å²) in [5, 5.41) is 3.40. The van der Waals surface area contributed by atoms with Gasteiger partial charge >= 0.3 is 0 Å². The number of methoxy groups -OCH3 is 2. The Morgan fingerprint density at radius 2 is 1.94 bits per heavy atom. The smallest absolute Gasteiger partial charge is 0.194 e. The molecule has 1 aromatic heterocycles. The molecule has 0 spiro atoms. The van der Waals surface area contributed by atoms with Crippen molar-refractivity contribution in [3.8, 4) is 17.2 Å². The molecule has 1 fully saturated rings. The maximum Gasteiger partial charge on any atom is 0.194 e. The monoisotopic (exact) mass is 427 g/mol. The van der Waals surface area contributed by atoms with E-state index in [-0.39, 0.29) is 0 Å². The molecule has 1 aromatic carbocycles. The van der Waals surface area contributed by atoms with E-state index < -0.39 is 0 Å². The minimum Gasteiger partial charge on any atom is -0.497 e. The van der Waals surface area contributed by atoms with Crippen molar-refractivity contribution >= 4 is 5.96 Å². The average molecular weight is 428 g/mol. The Balaban J connectivity index is 1.51. The number of aliphatic imine (C=N–C) groups is 1. The van der Waals surface area contributed by atoms with Crippen LogP contribution in [0, 0.1) is 0 Å². The lowest BCUT2D eigenvalue weighted by atomic mass is 10.1. The molecule has 0 aliphatic carbocycles. The number of nitrogens with one attached hydrogen (secondary N) is 1. The van der Waals surface area contributed by atoms with Crippen LogP contribution in [0.15, 0.2) is 47.7 Å². The van der Waals surface area contributed by atoms with Gasteiger partial charge in [0, 0.05) is 51.0 Å². The molecule has 1 saturated heterocycles. The van der Waals surface area contributed by atoms with Gasteiger partial charge in [0.25, 0.3) is 0 Å². The van der Waals surface area contributed by atoms with Crippen LogP contribution < -0.4 is 19.5 Å². The molecule has 0 amide bonds. The molecule has 1 aliphatic rings. The fourth-order valence-electron chi connectivity index (χ4n) is 3.54. The molecule has 2 aromatic rings. The lowest BCUT2D eigenvalue weighted by Gasteiger charge is -2.36. The molecule has 0 saturated carbocycles. The topological polar surface area (TPSA) is 71.5 Å². The maximum absolute atomic E-state index is 5.70. The van der Waals surface area contributed by atoms with E-state index in [4.69, 9.17) is 19.2 Å². The second-order valence-corrected chi connectivity index (χ2v) is 7.21. The Labute approximate surface area is 184 Å². The van der Waals surface area contributed by atoms with Gasteiger partial charge in [-0.05, 0) is 37.3 Å². The molecule has 0 unspecified atom stereocenters. The first-order valence-corrected chi connectivity index (χ1v) is 10.7. The largest absolute Gasteiger partial charge is 0.497 e. The predicted molar refractivity (Wildman–Crippen MR) is 122 cm³/mol. The molecule has 8 nitrogen and oxygen atoms in total. The summed E-state index contributed by atoms with van der Waals surface area (Å²) < 4.78 is 16.6. The van der Waals surface area contributed by atoms with Crippen LogP contribution in [0.5, 0.6) is 17.2 Å². The summed E-state index contributed by atoms with van der Waals surface area (Å²) in [6.07, 6.45) is 3.45. The van der Waals surface area contributed by atoms with Crippen molar-refractivity contribution in [1.29, 1.82) is 0 Å². The van der Waals surface area contributed by atoms with Gasteiger partial charge in [-0.2, -0.15) is 0 Å². The number of nitrogens with zero attached hydrogens (tertiary/aromatic N) is 4. The third-order valence-electron chi connectivity index (χ3n) is 5.14. The molecule has 2 heterocycles. The van der Waals surface area contributed by atoms with Crippen LogP contribution >= 0.6 is 0 Å². The predicted octanol–water partition coefficient (Wildman–Crippen LogP) is 2.26. The van der Waals surface area contributed by atoms with Crippen molar-refractivity contribution in [3.05, 3.63) is 48.3 Å². The summed E-state index contributed by atoms with van der Waals surface area (Å²) in [6.45, 7) is 8.63. The zero-order valence-corrected chi connectivity index (χ0v) is 18.7. The second kappa shape index (κ2) is 12.0. The van der Waals surface area contributed by atoms with E-state index in [0.717, 1.165) is 68.0 Å². The number of ether oxygens (including phenoxy) is 3. The maximum atomic E-state index is 5.70. The van der Waals surface area contributed by atoms with E-state index in [1.54, 1.807) is 26.6 Å². The summed E-state index contributed by atoms with van der Waals surface area (Å²) in [6, 6.07) is 9.71. The van der Waals surface area contributed by atoms with Crippen molar-refractivity contribution in [2.24, 2.45) is 4.99 Å². The number of aromatic nitrogens is 1.